The van der Waals surface area contributed by atoms with E-state index in [0.29, 0.717) is 18.1 Å². The van der Waals surface area contributed by atoms with E-state index < -0.39 is 0 Å². The van der Waals surface area contributed by atoms with Crippen molar-refractivity contribution in [2.45, 2.75) is 0 Å². The molecule has 0 bridgehead atoms. The first-order chi connectivity index (χ1) is 10.1. The number of hydrogen-bond acceptors (Lipinski definition) is 4. The van der Waals surface area contributed by atoms with Crippen LogP contribution in [0.1, 0.15) is 0 Å². The van der Waals surface area contributed by atoms with Gasteiger partial charge in [0.15, 0.2) is 0 Å². The van der Waals surface area contributed by atoms with E-state index in [9.17, 15) is 9.59 Å². The van der Waals surface area contributed by atoms with Gasteiger partial charge in [-0.1, -0.05) is 23.7 Å². The fourth-order valence-electron chi connectivity index (χ4n) is 2.26. The summed E-state index contributed by atoms with van der Waals surface area (Å²) in [6, 6.07) is 7.67. The van der Waals surface area contributed by atoms with E-state index in [1.807, 2.05) is 24.3 Å². The van der Waals surface area contributed by atoms with Crippen LogP contribution < -0.4 is 16.0 Å². The third kappa shape index (κ3) is 6.06. The van der Waals surface area contributed by atoms with Gasteiger partial charge in [0.2, 0.25) is 11.8 Å². The summed E-state index contributed by atoms with van der Waals surface area (Å²) in [4.78, 5) is 26.9. The molecule has 1 fully saturated rings. The Bertz CT molecular complexity index is 522. The minimum atomic E-state index is -0.321. The van der Waals surface area contributed by atoms with Gasteiger partial charge in [-0.25, -0.2) is 0 Å². The summed E-state index contributed by atoms with van der Waals surface area (Å²) in [5.41, 5.74) is 6.17. The highest BCUT2D eigenvalue weighted by Gasteiger charge is 2.22. The molecular weight excluding hydrogens is 363 g/mol. The van der Waals surface area contributed by atoms with Crippen LogP contribution in [0.25, 0.3) is 0 Å². The smallest absolute Gasteiger partial charge is 0.242 e. The van der Waals surface area contributed by atoms with Crippen LogP contribution >= 0.6 is 36.4 Å². The predicted octanol–water partition coefficient (Wildman–Crippen LogP) is 0.907. The number of nitrogens with two attached hydrogens (primary N) is 1. The first-order valence-electron chi connectivity index (χ1n) is 6.86. The number of rotatable bonds is 4. The quantitative estimate of drug-likeness (QED) is 0.810. The number of anilines is 1. The Balaban J connectivity index is 0.00000242. The van der Waals surface area contributed by atoms with Crippen molar-refractivity contribution in [1.29, 1.82) is 0 Å². The maximum absolute atomic E-state index is 12.0. The average Bonchev–Trinajstić information content (AvgIpc) is 2.53. The molecule has 0 spiro atoms. The Morgan fingerprint density at radius 2 is 1.74 bits per heavy atom. The molecule has 1 saturated heterocycles. The highest BCUT2D eigenvalue weighted by Crippen LogP contribution is 2.25. The molecule has 1 aromatic carbocycles. The summed E-state index contributed by atoms with van der Waals surface area (Å²) in [6.45, 7) is 2.57. The minimum Gasteiger partial charge on any atom is -0.367 e. The molecule has 23 heavy (non-hydrogen) atoms. The number of piperazine rings is 1. The lowest BCUT2D eigenvalue weighted by atomic mass is 10.2. The fourth-order valence-corrected chi connectivity index (χ4v) is 2.52. The standard InChI is InChI=1S/C14H19ClN4O2.2ClH/c15-11-3-1-2-4-12(11)18-5-7-19(8-6-18)14(21)10-17-13(20)9-16;;/h1-4H,5-10,16H2,(H,17,20);2*1H. The molecular formula is C14H21Cl3N4O2. The second-order valence-electron chi connectivity index (χ2n) is 4.80. The van der Waals surface area contributed by atoms with Crippen LogP contribution in [0.5, 0.6) is 0 Å². The van der Waals surface area contributed by atoms with Crippen LogP contribution in [0, 0.1) is 0 Å². The second kappa shape index (κ2) is 10.5. The lowest BCUT2D eigenvalue weighted by Gasteiger charge is -2.36. The number of halogens is 3. The molecule has 2 amide bonds. The minimum absolute atomic E-state index is 0. The summed E-state index contributed by atoms with van der Waals surface area (Å²) in [7, 11) is 0. The molecule has 0 atom stereocenters. The predicted molar refractivity (Wildman–Crippen MR) is 96.8 cm³/mol. The summed E-state index contributed by atoms with van der Waals surface area (Å²) in [5.74, 6) is -0.409. The van der Waals surface area contributed by atoms with Crippen molar-refractivity contribution in [1.82, 2.24) is 10.2 Å². The summed E-state index contributed by atoms with van der Waals surface area (Å²) in [5, 5.41) is 3.21. The molecule has 0 aliphatic carbocycles. The Kier molecular flexibility index (Phi) is 9.99. The van der Waals surface area contributed by atoms with E-state index in [0.717, 1.165) is 18.8 Å². The van der Waals surface area contributed by atoms with Gasteiger partial charge in [0.1, 0.15) is 0 Å². The zero-order valence-corrected chi connectivity index (χ0v) is 14.9. The van der Waals surface area contributed by atoms with Gasteiger partial charge < -0.3 is 20.9 Å². The lowest BCUT2D eigenvalue weighted by molar-refractivity contribution is -0.132. The van der Waals surface area contributed by atoms with Crippen LogP contribution in [0.4, 0.5) is 5.69 Å². The Labute approximate surface area is 153 Å². The Morgan fingerprint density at radius 3 is 2.30 bits per heavy atom. The number of para-hydroxylation sites is 1. The van der Waals surface area contributed by atoms with E-state index >= 15 is 0 Å². The topological polar surface area (TPSA) is 78.7 Å². The SMILES string of the molecule is Cl.Cl.NCC(=O)NCC(=O)N1CCN(c2ccccc2Cl)CC1. The molecule has 3 N–H and O–H groups in total. The summed E-state index contributed by atoms with van der Waals surface area (Å²) < 4.78 is 0. The van der Waals surface area contributed by atoms with Gasteiger partial charge in [-0.15, -0.1) is 24.8 Å². The van der Waals surface area contributed by atoms with Gasteiger partial charge in [0.05, 0.1) is 23.8 Å². The zero-order valence-electron chi connectivity index (χ0n) is 12.5. The fraction of sp³-hybridized carbons (Fsp3) is 0.429. The molecule has 1 heterocycles. The summed E-state index contributed by atoms with van der Waals surface area (Å²) >= 11 is 6.18. The van der Waals surface area contributed by atoms with Crippen molar-refractivity contribution in [3.05, 3.63) is 29.3 Å². The van der Waals surface area contributed by atoms with Gasteiger partial charge in [-0.2, -0.15) is 0 Å². The van der Waals surface area contributed by atoms with Gasteiger partial charge in [-0.3, -0.25) is 9.59 Å². The van der Waals surface area contributed by atoms with Crippen LogP contribution in [0.2, 0.25) is 5.02 Å². The first kappa shape index (κ1) is 21.8. The van der Waals surface area contributed by atoms with Crippen molar-refractivity contribution in [2.75, 3.05) is 44.2 Å². The third-order valence-electron chi connectivity index (χ3n) is 3.45. The molecule has 9 heteroatoms. The van der Waals surface area contributed by atoms with Crippen LogP contribution in [-0.2, 0) is 9.59 Å². The highest BCUT2D eigenvalue weighted by atomic mass is 35.5. The van der Waals surface area contributed by atoms with E-state index in [1.165, 1.54) is 0 Å². The largest absolute Gasteiger partial charge is 0.367 e. The van der Waals surface area contributed by atoms with Crippen LogP contribution in [0.15, 0.2) is 24.3 Å². The average molecular weight is 384 g/mol. The number of amides is 2. The number of carbonyl (C=O) groups is 2. The van der Waals surface area contributed by atoms with Crippen molar-refractivity contribution >= 4 is 53.9 Å². The molecule has 1 aliphatic rings. The van der Waals surface area contributed by atoms with E-state index in [1.54, 1.807) is 4.90 Å². The maximum Gasteiger partial charge on any atom is 0.242 e. The lowest BCUT2D eigenvalue weighted by Crippen LogP contribution is -2.51. The molecule has 1 aliphatic heterocycles. The molecule has 2 rings (SSSR count). The van der Waals surface area contributed by atoms with Crippen molar-refractivity contribution in [2.24, 2.45) is 5.73 Å². The van der Waals surface area contributed by atoms with Gasteiger partial charge >= 0.3 is 0 Å². The third-order valence-corrected chi connectivity index (χ3v) is 3.77. The van der Waals surface area contributed by atoms with Crippen LogP contribution in [-0.4, -0.2) is 56.0 Å². The van der Waals surface area contributed by atoms with Gasteiger partial charge in [0, 0.05) is 26.2 Å². The Hall–Kier alpha value is -1.21. The van der Waals surface area contributed by atoms with E-state index in [4.69, 9.17) is 17.3 Å². The number of nitrogens with one attached hydrogen (secondary N) is 1. The first-order valence-corrected chi connectivity index (χ1v) is 7.23. The molecule has 130 valence electrons. The molecule has 0 radical (unpaired) electrons. The van der Waals surface area contributed by atoms with E-state index in [-0.39, 0.29) is 49.7 Å². The number of nitrogens with zero attached hydrogens (tertiary/aromatic N) is 2. The molecule has 0 saturated carbocycles. The Morgan fingerprint density at radius 1 is 1.13 bits per heavy atom. The highest BCUT2D eigenvalue weighted by molar-refractivity contribution is 6.33. The zero-order chi connectivity index (χ0) is 15.2. The normalized spacial score (nSPS) is 13.7. The molecule has 1 aromatic rings. The van der Waals surface area contributed by atoms with Crippen molar-refractivity contribution in [3.63, 3.8) is 0 Å². The molecule has 6 nitrogen and oxygen atoms in total. The molecule has 0 unspecified atom stereocenters. The van der Waals surface area contributed by atoms with Gasteiger partial charge in [0.25, 0.3) is 0 Å². The summed E-state index contributed by atoms with van der Waals surface area (Å²) in [6.07, 6.45) is 0. The second-order valence-corrected chi connectivity index (χ2v) is 5.21. The van der Waals surface area contributed by atoms with Crippen molar-refractivity contribution in [3.8, 4) is 0 Å². The maximum atomic E-state index is 12.0. The monoisotopic (exact) mass is 382 g/mol. The molecule has 0 aromatic heterocycles. The van der Waals surface area contributed by atoms with Gasteiger partial charge in [-0.05, 0) is 12.1 Å². The van der Waals surface area contributed by atoms with Crippen LogP contribution in [0.3, 0.4) is 0 Å². The van der Waals surface area contributed by atoms with E-state index in [2.05, 4.69) is 10.2 Å². The number of carbonyl (C=O) groups excluding carboxylic acids is 2. The number of benzene rings is 1. The van der Waals surface area contributed by atoms with Crippen molar-refractivity contribution < 1.29 is 9.59 Å². The number of hydrogen-bond donors (Lipinski definition) is 2.